The molecule has 0 aromatic heterocycles. The molecule has 4 rings (SSSR count). The number of aliphatic imine (C=N–C) groups is 1. The van der Waals surface area contributed by atoms with Gasteiger partial charge in [0, 0.05) is 9.13 Å². The van der Waals surface area contributed by atoms with E-state index in [1.54, 1.807) is 11.0 Å². The number of phenolic OH excluding ortho intramolecular Hbond substituents is 1. The van der Waals surface area contributed by atoms with Crippen LogP contribution in [-0.2, 0) is 4.79 Å². The van der Waals surface area contributed by atoms with Crippen molar-refractivity contribution in [1.29, 1.82) is 0 Å². The summed E-state index contributed by atoms with van der Waals surface area (Å²) < 4.78 is 1.74. The molecular weight excluding hydrogens is 634 g/mol. The van der Waals surface area contributed by atoms with Crippen LogP contribution in [-0.4, -0.2) is 16.2 Å². The van der Waals surface area contributed by atoms with E-state index in [1.807, 2.05) is 74.5 Å². The summed E-state index contributed by atoms with van der Waals surface area (Å²) in [5.41, 5.74) is 4.44. The van der Waals surface area contributed by atoms with E-state index in [2.05, 4.69) is 45.2 Å². The van der Waals surface area contributed by atoms with Gasteiger partial charge in [-0.05, 0) is 113 Å². The maximum Gasteiger partial charge on any atom is 0.271 e. The number of halogens is 2. The van der Waals surface area contributed by atoms with Crippen LogP contribution < -0.4 is 4.90 Å². The summed E-state index contributed by atoms with van der Waals surface area (Å²) in [4.78, 5) is 20.3. The number of rotatable bonds is 3. The monoisotopic (exact) mass is 652 g/mol. The molecule has 1 amide bonds. The Balaban J connectivity index is 1.80. The van der Waals surface area contributed by atoms with Gasteiger partial charge in [-0.2, -0.15) is 0 Å². The fourth-order valence-corrected chi connectivity index (χ4v) is 5.92. The van der Waals surface area contributed by atoms with E-state index in [0.717, 1.165) is 29.6 Å². The zero-order valence-electron chi connectivity index (χ0n) is 16.8. The molecule has 3 aromatic rings. The minimum absolute atomic E-state index is 0.159. The Morgan fingerprint density at radius 3 is 2.23 bits per heavy atom. The summed E-state index contributed by atoms with van der Waals surface area (Å²) in [5, 5.41) is 11.1. The van der Waals surface area contributed by atoms with Gasteiger partial charge in [-0.1, -0.05) is 35.4 Å². The molecule has 0 saturated carbocycles. The number of hydrogen-bond acceptors (Lipinski definition) is 4. The Labute approximate surface area is 212 Å². The van der Waals surface area contributed by atoms with Gasteiger partial charge < -0.3 is 5.11 Å². The zero-order chi connectivity index (χ0) is 22.1. The Morgan fingerprint density at radius 1 is 0.968 bits per heavy atom. The highest BCUT2D eigenvalue weighted by Crippen LogP contribution is 2.39. The first-order chi connectivity index (χ1) is 14.8. The molecule has 1 fully saturated rings. The van der Waals surface area contributed by atoms with Crippen molar-refractivity contribution >= 4 is 85.5 Å². The van der Waals surface area contributed by atoms with Crippen LogP contribution >= 0.6 is 56.9 Å². The van der Waals surface area contributed by atoms with Crippen LogP contribution in [0, 0.1) is 21.0 Å². The second-order valence-corrected chi connectivity index (χ2v) is 10.6. The summed E-state index contributed by atoms with van der Waals surface area (Å²) >= 11 is 5.61. The summed E-state index contributed by atoms with van der Waals surface area (Å²) in [7, 11) is 0. The third-order valence-corrected chi connectivity index (χ3v) is 7.12. The molecule has 156 valence electrons. The predicted molar refractivity (Wildman–Crippen MR) is 146 cm³/mol. The number of anilines is 1. The zero-order valence-corrected chi connectivity index (χ0v) is 21.9. The summed E-state index contributed by atoms with van der Waals surface area (Å²) in [6, 6.07) is 19.4. The topological polar surface area (TPSA) is 52.9 Å². The third-order valence-electron chi connectivity index (χ3n) is 4.70. The Morgan fingerprint density at radius 2 is 1.58 bits per heavy atom. The highest BCUT2D eigenvalue weighted by Gasteiger charge is 2.35. The molecule has 0 aliphatic carbocycles. The first-order valence-corrected chi connectivity index (χ1v) is 12.4. The van der Waals surface area contributed by atoms with E-state index in [-0.39, 0.29) is 11.7 Å². The number of aromatic hydroxyl groups is 1. The largest absolute Gasteiger partial charge is 0.506 e. The molecular formula is C24H18I2N2O2S. The van der Waals surface area contributed by atoms with Gasteiger partial charge in [0.15, 0.2) is 5.17 Å². The van der Waals surface area contributed by atoms with Crippen LogP contribution in [0.15, 0.2) is 70.6 Å². The van der Waals surface area contributed by atoms with Gasteiger partial charge in [0.1, 0.15) is 5.75 Å². The normalized spacial score (nSPS) is 16.5. The second-order valence-electron chi connectivity index (χ2n) is 7.14. The number of phenols is 1. The SMILES string of the molecule is Cc1ccc(N=C2S/C(=C\c3cc(I)cc(I)c3O)C(=O)N2c2ccc(C)cc2)cc1. The first-order valence-electron chi connectivity index (χ1n) is 9.46. The summed E-state index contributed by atoms with van der Waals surface area (Å²) in [6.45, 7) is 4.04. The predicted octanol–water partition coefficient (Wildman–Crippen LogP) is 7.03. The smallest absolute Gasteiger partial charge is 0.271 e. The van der Waals surface area contributed by atoms with E-state index in [0.29, 0.717) is 15.6 Å². The molecule has 1 heterocycles. The van der Waals surface area contributed by atoms with Crippen molar-refractivity contribution in [2.45, 2.75) is 13.8 Å². The Bertz CT molecular complexity index is 1220. The quantitative estimate of drug-likeness (QED) is 0.245. The fourth-order valence-electron chi connectivity index (χ4n) is 3.04. The van der Waals surface area contributed by atoms with Crippen LogP contribution in [0.1, 0.15) is 16.7 Å². The van der Waals surface area contributed by atoms with E-state index >= 15 is 0 Å². The van der Waals surface area contributed by atoms with Crippen LogP contribution in [0.2, 0.25) is 0 Å². The summed E-state index contributed by atoms with van der Waals surface area (Å²) in [5.74, 6) is 0.0145. The van der Waals surface area contributed by atoms with Gasteiger partial charge in [-0.3, -0.25) is 9.69 Å². The highest BCUT2D eigenvalue weighted by molar-refractivity contribution is 14.1. The number of thioether (sulfide) groups is 1. The molecule has 0 atom stereocenters. The maximum absolute atomic E-state index is 13.4. The van der Waals surface area contributed by atoms with E-state index in [9.17, 15) is 9.90 Å². The number of aryl methyl sites for hydroxylation is 2. The van der Waals surface area contributed by atoms with Crippen LogP contribution in [0.25, 0.3) is 6.08 Å². The molecule has 4 nitrogen and oxygen atoms in total. The standard InChI is InChI=1S/C24H18I2N2O2S/c1-14-3-7-18(8-4-14)27-24-28(19-9-5-15(2)6-10-19)23(30)21(31-24)12-16-11-17(25)13-20(26)22(16)29/h3-13,29H,1-2H3/b21-12-,27-24?. The number of nitrogens with zero attached hydrogens (tertiary/aromatic N) is 2. The lowest BCUT2D eigenvalue weighted by atomic mass is 10.2. The van der Waals surface area contributed by atoms with Crippen LogP contribution in [0.3, 0.4) is 0 Å². The van der Waals surface area contributed by atoms with Crippen molar-refractivity contribution in [3.8, 4) is 5.75 Å². The lowest BCUT2D eigenvalue weighted by Gasteiger charge is -2.16. The van der Waals surface area contributed by atoms with E-state index in [4.69, 9.17) is 4.99 Å². The number of carbonyl (C=O) groups excluding carboxylic acids is 1. The number of benzene rings is 3. The van der Waals surface area contributed by atoms with Gasteiger partial charge in [-0.15, -0.1) is 0 Å². The van der Waals surface area contributed by atoms with Gasteiger partial charge in [0.05, 0.1) is 19.9 Å². The van der Waals surface area contributed by atoms with Gasteiger partial charge >= 0.3 is 0 Å². The number of amidine groups is 1. The second kappa shape index (κ2) is 9.33. The molecule has 1 aliphatic heterocycles. The van der Waals surface area contributed by atoms with Crippen molar-refractivity contribution in [2.24, 2.45) is 4.99 Å². The molecule has 0 bridgehead atoms. The molecule has 1 saturated heterocycles. The molecule has 31 heavy (non-hydrogen) atoms. The molecule has 0 spiro atoms. The Hall–Kier alpha value is -1.85. The minimum Gasteiger partial charge on any atom is -0.506 e. The number of carbonyl (C=O) groups is 1. The first kappa shape index (κ1) is 22.3. The minimum atomic E-state index is -0.159. The molecule has 1 aliphatic rings. The lowest BCUT2D eigenvalue weighted by Crippen LogP contribution is -2.28. The molecule has 3 aromatic carbocycles. The van der Waals surface area contributed by atoms with Crippen molar-refractivity contribution in [1.82, 2.24) is 0 Å². The van der Waals surface area contributed by atoms with Gasteiger partial charge in [0.25, 0.3) is 5.91 Å². The van der Waals surface area contributed by atoms with Crippen LogP contribution in [0.5, 0.6) is 5.75 Å². The molecule has 7 heteroatoms. The fraction of sp³-hybridized carbons (Fsp3) is 0.0833. The Kier molecular flexibility index (Phi) is 6.73. The molecule has 0 unspecified atom stereocenters. The maximum atomic E-state index is 13.4. The van der Waals surface area contributed by atoms with E-state index in [1.165, 1.54) is 11.8 Å². The highest BCUT2D eigenvalue weighted by atomic mass is 127. The van der Waals surface area contributed by atoms with Gasteiger partial charge in [-0.25, -0.2) is 4.99 Å². The molecule has 1 N–H and O–H groups in total. The number of hydrogen-bond donors (Lipinski definition) is 1. The summed E-state index contributed by atoms with van der Waals surface area (Å²) in [6.07, 6.45) is 1.74. The van der Waals surface area contributed by atoms with Crippen molar-refractivity contribution in [3.05, 3.63) is 89.4 Å². The number of amides is 1. The average molecular weight is 652 g/mol. The molecule has 0 radical (unpaired) electrons. The van der Waals surface area contributed by atoms with Crippen molar-refractivity contribution in [2.75, 3.05) is 4.90 Å². The van der Waals surface area contributed by atoms with E-state index < -0.39 is 0 Å². The third kappa shape index (κ3) is 4.98. The van der Waals surface area contributed by atoms with Crippen molar-refractivity contribution in [3.63, 3.8) is 0 Å². The van der Waals surface area contributed by atoms with Crippen molar-refractivity contribution < 1.29 is 9.90 Å². The van der Waals surface area contributed by atoms with Crippen LogP contribution in [0.4, 0.5) is 11.4 Å². The lowest BCUT2D eigenvalue weighted by molar-refractivity contribution is -0.113. The van der Waals surface area contributed by atoms with Gasteiger partial charge in [0.2, 0.25) is 0 Å². The average Bonchev–Trinajstić information content (AvgIpc) is 3.03.